The summed E-state index contributed by atoms with van der Waals surface area (Å²) in [7, 11) is 3.61. The summed E-state index contributed by atoms with van der Waals surface area (Å²) in [6.45, 7) is 3.91. The molecule has 1 aromatic carbocycles. The number of likely N-dealkylation sites (tertiary alicyclic amines) is 2. The fourth-order valence-electron chi connectivity index (χ4n) is 9.48. The number of aromatic nitrogens is 4. The van der Waals surface area contributed by atoms with Crippen LogP contribution < -0.4 is 10.6 Å². The molecular weight excluding hydrogens is 806 g/mol. The number of pyridine rings is 3. The molecule has 4 aromatic heterocycles. The number of fused-ring (bicyclic) bond motifs is 1. The Labute approximate surface area is 356 Å². The van der Waals surface area contributed by atoms with E-state index in [1.165, 1.54) is 6.92 Å². The van der Waals surface area contributed by atoms with Crippen LogP contribution in [0.2, 0.25) is 5.02 Å². The number of hydrogen-bond donors (Lipinski definition) is 2. The van der Waals surface area contributed by atoms with Crippen LogP contribution in [-0.4, -0.2) is 99.5 Å². The maximum atomic E-state index is 16.0. The van der Waals surface area contributed by atoms with Gasteiger partial charge in [-0.05, 0) is 66.4 Å². The minimum atomic E-state index is -2.89. The minimum Gasteiger partial charge on any atom is -0.378 e. The first kappa shape index (κ1) is 41.2. The summed E-state index contributed by atoms with van der Waals surface area (Å²) in [5.41, 5.74) is 5.24. The smallest absolute Gasteiger partial charge is 0.268 e. The Morgan fingerprint density at radius 2 is 1.80 bits per heavy atom. The number of methoxy groups -OCH3 is 1. The zero-order chi connectivity index (χ0) is 42.7. The van der Waals surface area contributed by atoms with Crippen LogP contribution in [0.4, 0.5) is 14.6 Å². The highest BCUT2D eigenvalue weighted by molar-refractivity contribution is 6.31. The van der Waals surface area contributed by atoms with Crippen molar-refractivity contribution in [2.75, 3.05) is 51.8 Å². The number of amides is 3. The molecule has 2 atom stereocenters. The van der Waals surface area contributed by atoms with Gasteiger partial charge < -0.3 is 19.4 Å². The molecule has 8 heterocycles. The number of piperidine rings is 2. The summed E-state index contributed by atoms with van der Waals surface area (Å²) >= 11 is 6.46. The number of benzene rings is 1. The van der Waals surface area contributed by atoms with E-state index < -0.39 is 22.9 Å². The third kappa shape index (κ3) is 7.82. The summed E-state index contributed by atoms with van der Waals surface area (Å²) in [5, 5.41) is 6.45. The van der Waals surface area contributed by atoms with Crippen LogP contribution in [0, 0.1) is 5.41 Å². The van der Waals surface area contributed by atoms with Gasteiger partial charge in [-0.2, -0.15) is 0 Å². The van der Waals surface area contributed by atoms with Crippen LogP contribution in [0.15, 0.2) is 67.1 Å². The van der Waals surface area contributed by atoms with E-state index >= 15 is 8.78 Å². The van der Waals surface area contributed by atoms with Crippen molar-refractivity contribution in [3.63, 3.8) is 0 Å². The molecule has 16 heteroatoms. The van der Waals surface area contributed by atoms with Gasteiger partial charge in [-0.1, -0.05) is 29.8 Å². The number of imide groups is 1. The van der Waals surface area contributed by atoms with Crippen LogP contribution in [0.25, 0.3) is 33.4 Å². The van der Waals surface area contributed by atoms with Gasteiger partial charge in [-0.25, -0.2) is 18.7 Å². The number of rotatable bonds is 10. The molecule has 2 N–H and O–H groups in total. The Hall–Kier alpha value is -5.19. The van der Waals surface area contributed by atoms with Gasteiger partial charge in [0.2, 0.25) is 17.7 Å². The van der Waals surface area contributed by atoms with Crippen molar-refractivity contribution in [2.45, 2.75) is 63.1 Å². The highest BCUT2D eigenvalue weighted by Crippen LogP contribution is 2.51. The van der Waals surface area contributed by atoms with Crippen LogP contribution in [0.5, 0.6) is 0 Å². The zero-order valence-corrected chi connectivity index (χ0v) is 35.0. The molecule has 9 rings (SSSR count). The van der Waals surface area contributed by atoms with E-state index in [0.29, 0.717) is 87.3 Å². The lowest BCUT2D eigenvalue weighted by atomic mass is 9.69. The van der Waals surface area contributed by atoms with Crippen LogP contribution in [-0.2, 0) is 49.6 Å². The third-order valence-corrected chi connectivity index (χ3v) is 13.2. The maximum absolute atomic E-state index is 16.0. The third-order valence-electron chi connectivity index (χ3n) is 12.9. The molecule has 4 saturated heterocycles. The van der Waals surface area contributed by atoms with E-state index in [0.717, 1.165) is 44.5 Å². The van der Waals surface area contributed by atoms with Gasteiger partial charge in [-0.3, -0.25) is 34.5 Å². The van der Waals surface area contributed by atoms with E-state index in [1.54, 1.807) is 24.3 Å². The van der Waals surface area contributed by atoms with E-state index in [-0.39, 0.29) is 30.7 Å². The average Bonchev–Trinajstić information content (AvgIpc) is 3.84. The minimum absolute atomic E-state index is 0.214. The Balaban J connectivity index is 0.890. The number of carbonyl (C=O) groups excluding carboxylic acids is 3. The van der Waals surface area contributed by atoms with Crippen molar-refractivity contribution in [3.8, 4) is 22.5 Å². The highest BCUT2D eigenvalue weighted by atomic mass is 35.5. The number of nitrogens with zero attached hydrogens (tertiary/aromatic N) is 6. The first-order chi connectivity index (χ1) is 29.2. The number of hydrogen-bond acceptors (Lipinski definition) is 10. The second-order valence-electron chi connectivity index (χ2n) is 17.1. The van der Waals surface area contributed by atoms with Gasteiger partial charge in [0.25, 0.3) is 5.92 Å². The molecular formula is C45H47ClF2N8O5. The number of aryl methyl sites for hydroxylation is 1. The molecule has 0 bridgehead atoms. The predicted octanol–water partition coefficient (Wildman–Crippen LogP) is 6.43. The summed E-state index contributed by atoms with van der Waals surface area (Å²) in [6, 6.07) is 15.1. The first-order valence-corrected chi connectivity index (χ1v) is 20.9. The van der Waals surface area contributed by atoms with E-state index in [2.05, 4.69) is 20.5 Å². The topological polar surface area (TPSA) is 144 Å². The lowest BCUT2D eigenvalue weighted by Crippen LogP contribution is -2.69. The zero-order valence-electron chi connectivity index (χ0n) is 34.3. The molecule has 5 aromatic rings. The van der Waals surface area contributed by atoms with Gasteiger partial charge >= 0.3 is 0 Å². The molecule has 1 unspecified atom stereocenters. The standard InChI is InChI=1S/C45H47ClF2N8O5/c1-27(57)51-40-17-33-34(22-54(2)38(33)19-50-40)37-15-30(16-39(52-37)44(60-3)11-13-61-26-44)36-8-5-29(18-49-36)21-56-23-43(24-56)10-12-55(25-45(43,47)48)20-28-4-7-35(46)32(14-28)31-6-9-41(58)53-42(31)59/h4-5,7-8,14-19,22,31H,6,9-13,20-21,23-26H2,1-3H3,(H,50,51,57)(H,53,58,59)/t31?,44-/m0/s1. The quantitative estimate of drug-likeness (QED) is 0.151. The molecule has 3 amide bonds. The summed E-state index contributed by atoms with van der Waals surface area (Å²) in [6.07, 6.45) is 7.13. The van der Waals surface area contributed by atoms with Gasteiger partial charge in [0, 0.05) is 101 Å². The molecule has 4 aliphatic rings. The van der Waals surface area contributed by atoms with Crippen molar-refractivity contribution < 1.29 is 32.6 Å². The first-order valence-electron chi connectivity index (χ1n) is 20.5. The lowest BCUT2D eigenvalue weighted by Gasteiger charge is -2.57. The lowest BCUT2D eigenvalue weighted by molar-refractivity contribution is -0.227. The van der Waals surface area contributed by atoms with Gasteiger partial charge in [0.05, 0.1) is 53.3 Å². The molecule has 61 heavy (non-hydrogen) atoms. The van der Waals surface area contributed by atoms with E-state index in [1.807, 2.05) is 66.5 Å². The monoisotopic (exact) mass is 852 g/mol. The summed E-state index contributed by atoms with van der Waals surface area (Å²) in [4.78, 5) is 54.3. The Morgan fingerprint density at radius 1 is 1.00 bits per heavy atom. The number of carbonyl (C=O) groups is 3. The highest BCUT2D eigenvalue weighted by Gasteiger charge is 2.62. The number of halogens is 3. The van der Waals surface area contributed by atoms with Crippen molar-refractivity contribution in [3.05, 3.63) is 94.5 Å². The van der Waals surface area contributed by atoms with Crippen LogP contribution >= 0.6 is 11.6 Å². The molecule has 0 radical (unpaired) electrons. The van der Waals surface area contributed by atoms with Crippen LogP contribution in [0.1, 0.15) is 60.9 Å². The summed E-state index contributed by atoms with van der Waals surface area (Å²) in [5.74, 6) is -3.90. The molecule has 4 aliphatic heterocycles. The number of ether oxygens (including phenoxy) is 2. The second-order valence-corrected chi connectivity index (χ2v) is 17.5. The van der Waals surface area contributed by atoms with Crippen LogP contribution in [0.3, 0.4) is 0 Å². The Morgan fingerprint density at radius 3 is 2.51 bits per heavy atom. The maximum Gasteiger partial charge on any atom is 0.268 e. The molecule has 0 saturated carbocycles. The number of nitrogens with one attached hydrogen (secondary N) is 2. The van der Waals surface area contributed by atoms with E-state index in [4.69, 9.17) is 31.0 Å². The van der Waals surface area contributed by atoms with Gasteiger partial charge in [0.1, 0.15) is 11.4 Å². The van der Waals surface area contributed by atoms with E-state index in [9.17, 15) is 14.4 Å². The Kier molecular flexibility index (Phi) is 10.8. The summed E-state index contributed by atoms with van der Waals surface area (Å²) < 4.78 is 45.9. The Bertz CT molecular complexity index is 2540. The van der Waals surface area contributed by atoms with Crippen molar-refractivity contribution in [1.82, 2.24) is 34.6 Å². The average molecular weight is 853 g/mol. The molecule has 1 spiro atoms. The predicted molar refractivity (Wildman–Crippen MR) is 225 cm³/mol. The van der Waals surface area contributed by atoms with Crippen molar-refractivity contribution in [1.29, 1.82) is 0 Å². The molecule has 318 valence electrons. The van der Waals surface area contributed by atoms with Gasteiger partial charge in [-0.15, -0.1) is 0 Å². The largest absolute Gasteiger partial charge is 0.378 e. The SMILES string of the molecule is CO[C@@]1(c2cc(-c3ccc(CN4CC5(CCN(Cc6ccc(Cl)c(C7CCC(=O)NC7=O)c6)CC5(F)F)C4)cn3)cc(-c3cn(C)c4cnc(NC(C)=O)cc34)n2)CCOC1. The molecule has 13 nitrogen and oxygen atoms in total. The number of alkyl halides is 2. The fourth-order valence-corrected chi connectivity index (χ4v) is 9.73. The van der Waals surface area contributed by atoms with Gasteiger partial charge in [0.15, 0.2) is 0 Å². The number of anilines is 1. The van der Waals surface area contributed by atoms with Crippen molar-refractivity contribution in [2.24, 2.45) is 12.5 Å². The molecule has 4 fully saturated rings. The normalized spacial score (nSPS) is 22.7. The van der Waals surface area contributed by atoms with Crippen molar-refractivity contribution >= 4 is 46.0 Å². The second kappa shape index (κ2) is 15.9. The fraction of sp³-hybridized carbons (Fsp3) is 0.422. The molecule has 0 aliphatic carbocycles.